The van der Waals surface area contributed by atoms with E-state index in [9.17, 15) is 27.2 Å². The summed E-state index contributed by atoms with van der Waals surface area (Å²) in [5.74, 6) is -8.05. The Morgan fingerprint density at radius 2 is 1.79 bits per heavy atom. The fraction of sp³-hybridized carbons (Fsp3) is 0.519. The number of piperidine rings is 2. The standard InChI is InChI=1S/C27H27F6N5O4S/c1-14(22(39)36-24-35-18-9-19-20(10-21(18)43-24)42-27(32,33)41-19)38-7-4-26(30,31)17(13-38)15-8-16(23(40)34-11-15)12-37-5-2-25(28,29)3-6-37/h8-11,14,17H,2-7,12-13H2,1H3,(H,34,40)(H,35,36,39)/t14-,17?/m0/s1. The van der Waals surface area contributed by atoms with E-state index in [4.69, 9.17) is 0 Å². The number of likely N-dealkylation sites (tertiary alicyclic amines) is 2. The van der Waals surface area contributed by atoms with Gasteiger partial charge in [-0.3, -0.25) is 19.4 Å². The Morgan fingerprint density at radius 3 is 2.51 bits per heavy atom. The molecule has 1 amide bonds. The van der Waals surface area contributed by atoms with Crippen molar-refractivity contribution in [2.45, 2.75) is 62.8 Å². The van der Waals surface area contributed by atoms with E-state index in [2.05, 4.69) is 24.8 Å². The number of amides is 1. The summed E-state index contributed by atoms with van der Waals surface area (Å²) >= 11 is 1.03. The Bertz CT molecular complexity index is 1560. The van der Waals surface area contributed by atoms with Gasteiger partial charge in [0, 0.05) is 75.9 Å². The fourth-order valence-electron chi connectivity index (χ4n) is 5.58. The van der Waals surface area contributed by atoms with Gasteiger partial charge in [-0.25, -0.2) is 22.5 Å². The molecule has 0 aliphatic carbocycles. The molecule has 43 heavy (non-hydrogen) atoms. The zero-order chi connectivity index (χ0) is 30.7. The summed E-state index contributed by atoms with van der Waals surface area (Å²) in [6, 6.07) is 3.18. The van der Waals surface area contributed by atoms with E-state index in [-0.39, 0.29) is 73.3 Å². The number of alkyl halides is 6. The van der Waals surface area contributed by atoms with Gasteiger partial charge in [-0.2, -0.15) is 0 Å². The zero-order valence-corrected chi connectivity index (χ0v) is 23.6. The second kappa shape index (κ2) is 10.7. The molecule has 2 atom stereocenters. The first-order valence-corrected chi connectivity index (χ1v) is 14.4. The van der Waals surface area contributed by atoms with Gasteiger partial charge in [0.05, 0.1) is 22.2 Å². The molecule has 0 radical (unpaired) electrons. The lowest BCUT2D eigenvalue weighted by molar-refractivity contribution is -0.286. The molecule has 1 unspecified atom stereocenters. The largest absolute Gasteiger partial charge is 0.586 e. The normalized spacial score (nSPS) is 23.7. The number of ether oxygens (including phenoxy) is 2. The topological polar surface area (TPSA) is 99.8 Å². The number of thiazole rings is 1. The van der Waals surface area contributed by atoms with Crippen LogP contribution in [0.15, 0.2) is 29.2 Å². The van der Waals surface area contributed by atoms with Gasteiger partial charge in [-0.05, 0) is 18.6 Å². The molecule has 2 saturated heterocycles. The molecule has 3 aliphatic heterocycles. The minimum atomic E-state index is -3.77. The average Bonchev–Trinajstić information content (AvgIpc) is 3.45. The van der Waals surface area contributed by atoms with Crippen LogP contribution in [0, 0.1) is 0 Å². The van der Waals surface area contributed by atoms with Crippen molar-refractivity contribution in [1.29, 1.82) is 0 Å². The number of carbonyl (C=O) groups is 1. The van der Waals surface area contributed by atoms with Crippen LogP contribution in [-0.4, -0.2) is 76.0 Å². The minimum absolute atomic E-state index is 0.0614. The number of nitrogens with one attached hydrogen (secondary N) is 2. The number of anilines is 1. The van der Waals surface area contributed by atoms with Crippen LogP contribution in [-0.2, 0) is 11.3 Å². The highest BCUT2D eigenvalue weighted by molar-refractivity contribution is 7.22. The monoisotopic (exact) mass is 631 g/mol. The maximum Gasteiger partial charge on any atom is 0.586 e. The van der Waals surface area contributed by atoms with Crippen LogP contribution in [0.2, 0.25) is 0 Å². The van der Waals surface area contributed by atoms with Gasteiger partial charge in [0.2, 0.25) is 5.91 Å². The van der Waals surface area contributed by atoms with Gasteiger partial charge in [-0.15, -0.1) is 8.78 Å². The third-order valence-electron chi connectivity index (χ3n) is 8.11. The number of pyridine rings is 1. The smallest absolute Gasteiger partial charge is 0.395 e. The molecule has 2 N–H and O–H groups in total. The molecule has 0 spiro atoms. The number of aromatic nitrogens is 2. The van der Waals surface area contributed by atoms with Crippen LogP contribution < -0.4 is 20.3 Å². The first-order chi connectivity index (χ1) is 20.2. The van der Waals surface area contributed by atoms with Crippen molar-refractivity contribution in [2.24, 2.45) is 0 Å². The molecule has 2 aromatic heterocycles. The van der Waals surface area contributed by atoms with Crippen molar-refractivity contribution in [3.63, 3.8) is 0 Å². The van der Waals surface area contributed by atoms with Crippen molar-refractivity contribution in [2.75, 3.05) is 31.5 Å². The number of hydrogen-bond donors (Lipinski definition) is 2. The second-order valence-electron chi connectivity index (χ2n) is 11.1. The molecule has 16 heteroatoms. The van der Waals surface area contributed by atoms with Crippen molar-refractivity contribution >= 4 is 32.6 Å². The lowest BCUT2D eigenvalue weighted by atomic mass is 9.86. The number of aromatic amines is 1. The summed E-state index contributed by atoms with van der Waals surface area (Å²) in [5.41, 5.74) is 0.229. The summed E-state index contributed by atoms with van der Waals surface area (Å²) in [5, 5.41) is 2.85. The number of carbonyl (C=O) groups excluding carboxylic acids is 1. The number of rotatable bonds is 6. The van der Waals surface area contributed by atoms with Gasteiger partial charge < -0.3 is 19.8 Å². The molecule has 1 aromatic carbocycles. The molecule has 3 aromatic rings. The number of fused-ring (bicyclic) bond motifs is 2. The molecule has 0 saturated carbocycles. The highest BCUT2D eigenvalue weighted by Gasteiger charge is 2.47. The van der Waals surface area contributed by atoms with E-state index in [0.29, 0.717) is 10.2 Å². The van der Waals surface area contributed by atoms with Crippen LogP contribution in [0.25, 0.3) is 10.2 Å². The molecular formula is C27H27F6N5O4S. The molecule has 9 nitrogen and oxygen atoms in total. The second-order valence-corrected chi connectivity index (χ2v) is 12.1. The predicted octanol–water partition coefficient (Wildman–Crippen LogP) is 4.99. The lowest BCUT2D eigenvalue weighted by Crippen LogP contribution is -2.52. The van der Waals surface area contributed by atoms with Crippen molar-refractivity contribution in [1.82, 2.24) is 19.8 Å². The van der Waals surface area contributed by atoms with E-state index in [0.717, 1.165) is 11.3 Å². The first-order valence-electron chi connectivity index (χ1n) is 13.6. The van der Waals surface area contributed by atoms with Crippen LogP contribution in [0.1, 0.15) is 43.2 Å². The molecule has 0 bridgehead atoms. The molecule has 6 rings (SSSR count). The molecule has 5 heterocycles. The Balaban J connectivity index is 1.14. The highest BCUT2D eigenvalue weighted by atomic mass is 32.1. The summed E-state index contributed by atoms with van der Waals surface area (Å²) in [6.45, 7) is 1.57. The van der Waals surface area contributed by atoms with E-state index in [1.165, 1.54) is 24.4 Å². The third kappa shape index (κ3) is 6.17. The Hall–Kier alpha value is -3.37. The maximum atomic E-state index is 15.2. The van der Waals surface area contributed by atoms with E-state index >= 15 is 8.78 Å². The zero-order valence-electron chi connectivity index (χ0n) is 22.8. The van der Waals surface area contributed by atoms with Gasteiger partial charge >= 0.3 is 6.29 Å². The van der Waals surface area contributed by atoms with E-state index in [1.807, 2.05) is 0 Å². The van der Waals surface area contributed by atoms with Crippen LogP contribution >= 0.6 is 11.3 Å². The average molecular weight is 632 g/mol. The number of H-pyrrole nitrogens is 1. The van der Waals surface area contributed by atoms with E-state index in [1.54, 1.807) is 16.7 Å². The summed E-state index contributed by atoms with van der Waals surface area (Å²) in [6.07, 6.45) is -3.72. The summed E-state index contributed by atoms with van der Waals surface area (Å²) < 4.78 is 93.5. The SMILES string of the molecule is C[C@@H](C(=O)Nc1nc2cc3c(cc2s1)OC(F)(F)O3)N1CCC(F)(F)C(c2c[nH]c(=O)c(CN3CCC(F)(F)CC3)c2)C1. The van der Waals surface area contributed by atoms with Crippen molar-refractivity contribution < 1.29 is 40.6 Å². The maximum absolute atomic E-state index is 15.2. The Labute approximate surface area is 244 Å². The lowest BCUT2D eigenvalue weighted by Gasteiger charge is -2.40. The van der Waals surface area contributed by atoms with Gasteiger partial charge in [0.1, 0.15) is 0 Å². The Morgan fingerprint density at radius 1 is 1.09 bits per heavy atom. The number of hydrogen-bond acceptors (Lipinski definition) is 8. The Kier molecular flexibility index (Phi) is 7.36. The summed E-state index contributed by atoms with van der Waals surface area (Å²) in [7, 11) is 0. The molecule has 2 fully saturated rings. The molecule has 232 valence electrons. The van der Waals surface area contributed by atoms with Gasteiger partial charge in [0.15, 0.2) is 16.6 Å². The van der Waals surface area contributed by atoms with Crippen LogP contribution in [0.5, 0.6) is 11.5 Å². The van der Waals surface area contributed by atoms with Crippen LogP contribution in [0.4, 0.5) is 31.5 Å². The van der Waals surface area contributed by atoms with Crippen molar-refractivity contribution in [3.05, 3.63) is 45.9 Å². The van der Waals surface area contributed by atoms with Gasteiger partial charge in [-0.1, -0.05) is 11.3 Å². The quantitative estimate of drug-likeness (QED) is 0.370. The first kappa shape index (κ1) is 29.7. The van der Waals surface area contributed by atoms with E-state index < -0.39 is 48.0 Å². The number of halogens is 6. The molecule has 3 aliphatic rings. The molecular weight excluding hydrogens is 604 g/mol. The third-order valence-corrected chi connectivity index (χ3v) is 9.05. The number of nitrogens with zero attached hydrogens (tertiary/aromatic N) is 3. The van der Waals surface area contributed by atoms with Crippen LogP contribution in [0.3, 0.4) is 0 Å². The summed E-state index contributed by atoms with van der Waals surface area (Å²) in [4.78, 5) is 35.7. The van der Waals surface area contributed by atoms with Gasteiger partial charge in [0.25, 0.3) is 17.4 Å². The minimum Gasteiger partial charge on any atom is -0.395 e. The van der Waals surface area contributed by atoms with Crippen molar-refractivity contribution in [3.8, 4) is 11.5 Å². The predicted molar refractivity (Wildman–Crippen MR) is 144 cm³/mol. The highest BCUT2D eigenvalue weighted by Crippen LogP contribution is 2.45. The fourth-order valence-corrected chi connectivity index (χ4v) is 6.46. The number of benzene rings is 1.